The van der Waals surface area contributed by atoms with Gasteiger partial charge in [0.1, 0.15) is 5.70 Å². The minimum atomic E-state index is -1.21. The van der Waals surface area contributed by atoms with E-state index in [1.165, 1.54) is 6.08 Å². The monoisotopic (exact) mass is 344 g/mol. The molecule has 0 saturated carbocycles. The Morgan fingerprint density at radius 2 is 1.69 bits per heavy atom. The molecule has 0 spiro atoms. The molecule has 1 amide bonds. The van der Waals surface area contributed by atoms with Crippen molar-refractivity contribution in [1.82, 2.24) is 10.3 Å². The van der Waals surface area contributed by atoms with E-state index >= 15 is 0 Å². The minimum Gasteiger partial charge on any atom is -0.477 e. The van der Waals surface area contributed by atoms with Crippen LogP contribution in [0.15, 0.2) is 84.8 Å². The molecular weight excluding hydrogens is 328 g/mol. The van der Waals surface area contributed by atoms with Gasteiger partial charge in [0.25, 0.3) is 5.91 Å². The molecule has 1 aromatic heterocycles. The zero-order valence-corrected chi connectivity index (χ0v) is 13.8. The highest BCUT2D eigenvalue weighted by Crippen LogP contribution is 2.20. The van der Waals surface area contributed by atoms with E-state index in [0.29, 0.717) is 11.1 Å². The molecule has 5 heteroatoms. The van der Waals surface area contributed by atoms with Crippen molar-refractivity contribution in [1.29, 1.82) is 0 Å². The van der Waals surface area contributed by atoms with E-state index in [1.807, 2.05) is 30.3 Å². The summed E-state index contributed by atoms with van der Waals surface area (Å²) in [5, 5.41) is 11.9. The molecule has 0 saturated heterocycles. The fourth-order valence-corrected chi connectivity index (χ4v) is 2.44. The molecule has 2 aromatic carbocycles. The summed E-state index contributed by atoms with van der Waals surface area (Å²) in [6.07, 6.45) is 4.86. The van der Waals surface area contributed by atoms with Crippen molar-refractivity contribution in [2.24, 2.45) is 0 Å². The molecule has 0 aliphatic carbocycles. The number of carboxylic acids is 1. The number of benzene rings is 2. The number of hydrogen-bond donors (Lipinski definition) is 2. The number of pyridine rings is 1. The molecule has 3 rings (SSSR count). The zero-order chi connectivity index (χ0) is 18.4. The van der Waals surface area contributed by atoms with Gasteiger partial charge in [0.2, 0.25) is 0 Å². The number of carbonyl (C=O) groups excluding carboxylic acids is 1. The summed E-state index contributed by atoms with van der Waals surface area (Å²) >= 11 is 0. The predicted molar refractivity (Wildman–Crippen MR) is 99.2 cm³/mol. The van der Waals surface area contributed by atoms with Crippen LogP contribution in [0, 0.1) is 0 Å². The van der Waals surface area contributed by atoms with Crippen molar-refractivity contribution in [3.8, 4) is 11.1 Å². The van der Waals surface area contributed by atoms with Crippen LogP contribution in [-0.4, -0.2) is 22.0 Å². The van der Waals surface area contributed by atoms with E-state index in [2.05, 4.69) is 10.3 Å². The normalized spacial score (nSPS) is 11.0. The van der Waals surface area contributed by atoms with Crippen LogP contribution in [0.4, 0.5) is 0 Å². The van der Waals surface area contributed by atoms with Crippen LogP contribution in [0.25, 0.3) is 17.2 Å². The second-order valence-electron chi connectivity index (χ2n) is 5.55. The number of nitrogens with zero attached hydrogens (tertiary/aromatic N) is 1. The van der Waals surface area contributed by atoms with Gasteiger partial charge in [-0.25, -0.2) is 4.79 Å². The second kappa shape index (κ2) is 7.90. The predicted octanol–water partition coefficient (Wildman–Crippen LogP) is 3.60. The Hall–Kier alpha value is -3.73. The van der Waals surface area contributed by atoms with Crippen LogP contribution in [0.2, 0.25) is 0 Å². The van der Waals surface area contributed by atoms with E-state index in [0.717, 1.165) is 11.1 Å². The molecule has 0 aliphatic rings. The first-order valence-electron chi connectivity index (χ1n) is 7.95. The average molecular weight is 344 g/mol. The van der Waals surface area contributed by atoms with Gasteiger partial charge in [-0.05, 0) is 41.5 Å². The second-order valence-corrected chi connectivity index (χ2v) is 5.55. The first-order chi connectivity index (χ1) is 12.6. The molecule has 0 bridgehead atoms. The molecule has 3 aromatic rings. The van der Waals surface area contributed by atoms with Crippen LogP contribution >= 0.6 is 0 Å². The van der Waals surface area contributed by atoms with Crippen molar-refractivity contribution < 1.29 is 14.7 Å². The lowest BCUT2D eigenvalue weighted by Gasteiger charge is -2.07. The molecular formula is C21H16N2O3. The molecule has 0 aliphatic heterocycles. The van der Waals surface area contributed by atoms with Crippen molar-refractivity contribution in [2.45, 2.75) is 0 Å². The first kappa shape index (κ1) is 17.1. The number of nitrogens with one attached hydrogen (secondary N) is 1. The third kappa shape index (κ3) is 4.21. The van der Waals surface area contributed by atoms with Crippen molar-refractivity contribution in [3.05, 3.63) is 95.9 Å². The highest BCUT2D eigenvalue weighted by molar-refractivity contribution is 6.02. The van der Waals surface area contributed by atoms with Gasteiger partial charge in [-0.1, -0.05) is 42.5 Å². The van der Waals surface area contributed by atoms with Gasteiger partial charge in [-0.3, -0.25) is 9.78 Å². The highest BCUT2D eigenvalue weighted by atomic mass is 16.4. The summed E-state index contributed by atoms with van der Waals surface area (Å²) in [4.78, 5) is 27.8. The Morgan fingerprint density at radius 3 is 2.38 bits per heavy atom. The Bertz CT molecular complexity index is 951. The number of aliphatic carboxylic acids is 1. The molecule has 0 fully saturated rings. The largest absolute Gasteiger partial charge is 0.477 e. The van der Waals surface area contributed by atoms with E-state index in [-0.39, 0.29) is 5.70 Å². The number of hydrogen-bond acceptors (Lipinski definition) is 3. The SMILES string of the molecule is O=C(O)C(=Cc1cccc(-c2cccnc2)c1)NC(=O)c1ccccc1. The first-order valence-corrected chi connectivity index (χ1v) is 7.95. The topological polar surface area (TPSA) is 79.3 Å². The van der Waals surface area contributed by atoms with E-state index in [9.17, 15) is 14.7 Å². The average Bonchev–Trinajstić information content (AvgIpc) is 2.69. The van der Waals surface area contributed by atoms with Crippen LogP contribution in [0.1, 0.15) is 15.9 Å². The van der Waals surface area contributed by atoms with E-state index < -0.39 is 11.9 Å². The third-order valence-corrected chi connectivity index (χ3v) is 3.71. The summed E-state index contributed by atoms with van der Waals surface area (Å²) in [7, 11) is 0. The van der Waals surface area contributed by atoms with Crippen molar-refractivity contribution in [2.75, 3.05) is 0 Å². The van der Waals surface area contributed by atoms with E-state index in [4.69, 9.17) is 0 Å². The lowest BCUT2D eigenvalue weighted by Crippen LogP contribution is -2.27. The third-order valence-electron chi connectivity index (χ3n) is 3.71. The van der Waals surface area contributed by atoms with Gasteiger partial charge in [-0.2, -0.15) is 0 Å². The maximum atomic E-state index is 12.2. The Balaban J connectivity index is 1.88. The Labute approximate surface area is 150 Å². The minimum absolute atomic E-state index is 0.192. The molecule has 0 radical (unpaired) electrons. The highest BCUT2D eigenvalue weighted by Gasteiger charge is 2.13. The van der Waals surface area contributed by atoms with Gasteiger partial charge < -0.3 is 10.4 Å². The molecule has 0 atom stereocenters. The van der Waals surface area contributed by atoms with Crippen molar-refractivity contribution in [3.63, 3.8) is 0 Å². The van der Waals surface area contributed by atoms with Gasteiger partial charge in [0.05, 0.1) is 0 Å². The van der Waals surface area contributed by atoms with Crippen molar-refractivity contribution >= 4 is 18.0 Å². The standard InChI is InChI=1S/C21H16N2O3/c24-20(16-7-2-1-3-8-16)23-19(21(25)26)13-15-6-4-9-17(12-15)18-10-5-11-22-14-18/h1-14H,(H,23,24)(H,25,26). The lowest BCUT2D eigenvalue weighted by molar-refractivity contribution is -0.132. The zero-order valence-electron chi connectivity index (χ0n) is 13.8. The van der Waals surface area contributed by atoms with Crippen LogP contribution in [0.5, 0.6) is 0 Å². The van der Waals surface area contributed by atoms with E-state index in [1.54, 1.807) is 48.8 Å². The number of amides is 1. The Morgan fingerprint density at radius 1 is 0.923 bits per heavy atom. The lowest BCUT2D eigenvalue weighted by atomic mass is 10.0. The number of rotatable bonds is 5. The van der Waals surface area contributed by atoms with Crippen LogP contribution in [-0.2, 0) is 4.79 Å². The molecule has 2 N–H and O–H groups in total. The van der Waals surface area contributed by atoms with Gasteiger partial charge in [-0.15, -0.1) is 0 Å². The maximum absolute atomic E-state index is 12.2. The summed E-state index contributed by atoms with van der Waals surface area (Å²) in [5.41, 5.74) is 2.70. The number of carboxylic acid groups (broad SMARTS) is 1. The molecule has 5 nitrogen and oxygen atoms in total. The van der Waals surface area contributed by atoms with Gasteiger partial charge in [0, 0.05) is 23.5 Å². The quantitative estimate of drug-likeness (QED) is 0.693. The fraction of sp³-hybridized carbons (Fsp3) is 0. The summed E-state index contributed by atoms with van der Waals surface area (Å²) in [6.45, 7) is 0. The summed E-state index contributed by atoms with van der Waals surface area (Å²) < 4.78 is 0. The maximum Gasteiger partial charge on any atom is 0.352 e. The van der Waals surface area contributed by atoms with Gasteiger partial charge in [0.15, 0.2) is 0 Å². The number of aromatic nitrogens is 1. The van der Waals surface area contributed by atoms with Crippen LogP contribution < -0.4 is 5.32 Å². The smallest absolute Gasteiger partial charge is 0.352 e. The molecule has 128 valence electrons. The van der Waals surface area contributed by atoms with Gasteiger partial charge >= 0.3 is 5.97 Å². The molecule has 26 heavy (non-hydrogen) atoms. The summed E-state index contributed by atoms with van der Waals surface area (Å²) in [5.74, 6) is -1.68. The summed E-state index contributed by atoms with van der Waals surface area (Å²) in [6, 6.07) is 19.6. The van der Waals surface area contributed by atoms with Crippen LogP contribution in [0.3, 0.4) is 0 Å². The Kier molecular flexibility index (Phi) is 5.19. The molecule has 0 unspecified atom stereocenters. The fourth-order valence-electron chi connectivity index (χ4n) is 2.44. The number of carbonyl (C=O) groups is 2. The molecule has 1 heterocycles.